The predicted octanol–water partition coefficient (Wildman–Crippen LogP) is 5.47. The van der Waals surface area contributed by atoms with Gasteiger partial charge in [0, 0.05) is 21.1 Å². The van der Waals surface area contributed by atoms with Crippen molar-refractivity contribution in [3.63, 3.8) is 0 Å². The van der Waals surface area contributed by atoms with E-state index in [0.29, 0.717) is 24.6 Å². The number of hydrogen-bond acceptors (Lipinski definition) is 4. The molecule has 33 heavy (non-hydrogen) atoms. The maximum Gasteiger partial charge on any atom is 0.257 e. The number of carbonyl (C=O) groups excluding carboxylic acids is 1. The zero-order valence-corrected chi connectivity index (χ0v) is 21.8. The molecule has 170 valence electrons. The van der Waals surface area contributed by atoms with E-state index in [1.54, 1.807) is 14.2 Å². The van der Waals surface area contributed by atoms with Crippen LogP contribution in [0, 0.1) is 6.92 Å². The van der Waals surface area contributed by atoms with E-state index in [0.717, 1.165) is 43.3 Å². The highest BCUT2D eigenvalue weighted by Gasteiger charge is 2.55. The summed E-state index contributed by atoms with van der Waals surface area (Å²) in [6.07, 6.45) is 0.799. The molecule has 3 aromatic rings. The topological polar surface area (TPSA) is 50.8 Å². The molecule has 1 unspecified atom stereocenters. The first-order valence-electron chi connectivity index (χ1n) is 10.8. The number of rotatable bonds is 4. The van der Waals surface area contributed by atoms with Crippen LogP contribution in [0.1, 0.15) is 27.8 Å². The van der Waals surface area contributed by atoms with E-state index in [4.69, 9.17) is 9.47 Å². The molecular formula is C26H24Br2N2O3. The fraction of sp³-hybridized carbons (Fsp3) is 0.269. The summed E-state index contributed by atoms with van der Waals surface area (Å²) in [7, 11) is 3.25. The molecule has 5 nitrogen and oxygen atoms in total. The summed E-state index contributed by atoms with van der Waals surface area (Å²) in [5.41, 5.74) is 5.08. The standard InChI is InChI=1S/C26H24Br2N2O3/c1-15-4-6-16(7-5-15)14-30-24-20(11-18(27)12-21(24)28)26(25(30)31)19-13-23(33-3)22(32-2)10-17(19)8-9-29-26/h4-7,10-13,29H,8-9,14H2,1-3H3. The molecule has 2 aliphatic rings. The van der Waals surface area contributed by atoms with Gasteiger partial charge in [-0.2, -0.15) is 0 Å². The number of anilines is 1. The molecule has 0 aromatic heterocycles. The zero-order chi connectivity index (χ0) is 23.3. The molecule has 0 saturated carbocycles. The smallest absolute Gasteiger partial charge is 0.257 e. The normalized spacial score (nSPS) is 18.9. The monoisotopic (exact) mass is 570 g/mol. The Morgan fingerprint density at radius 2 is 1.70 bits per heavy atom. The summed E-state index contributed by atoms with van der Waals surface area (Å²) in [5, 5.41) is 3.60. The van der Waals surface area contributed by atoms with Crippen LogP contribution in [0.25, 0.3) is 0 Å². The van der Waals surface area contributed by atoms with E-state index in [1.807, 2.05) is 29.2 Å². The summed E-state index contributed by atoms with van der Waals surface area (Å²) < 4.78 is 12.9. The van der Waals surface area contributed by atoms with Crippen LogP contribution in [0.5, 0.6) is 11.5 Å². The second-order valence-corrected chi connectivity index (χ2v) is 10.2. The fourth-order valence-corrected chi connectivity index (χ4v) is 6.40. The van der Waals surface area contributed by atoms with Crippen molar-refractivity contribution in [2.75, 3.05) is 25.7 Å². The Morgan fingerprint density at radius 1 is 1.00 bits per heavy atom. The van der Waals surface area contributed by atoms with Gasteiger partial charge in [0.1, 0.15) is 0 Å². The van der Waals surface area contributed by atoms with Gasteiger partial charge in [0.25, 0.3) is 5.91 Å². The van der Waals surface area contributed by atoms with Gasteiger partial charge in [-0.15, -0.1) is 0 Å². The van der Waals surface area contributed by atoms with Gasteiger partial charge in [0.2, 0.25) is 0 Å². The summed E-state index contributed by atoms with van der Waals surface area (Å²) in [4.78, 5) is 16.2. The van der Waals surface area contributed by atoms with Gasteiger partial charge in [-0.05, 0) is 70.2 Å². The Bertz CT molecular complexity index is 1260. The molecule has 0 aliphatic carbocycles. The highest BCUT2D eigenvalue weighted by molar-refractivity contribution is 9.11. The lowest BCUT2D eigenvalue weighted by Gasteiger charge is -2.36. The van der Waals surface area contributed by atoms with Gasteiger partial charge in [0.05, 0.1) is 26.5 Å². The lowest BCUT2D eigenvalue weighted by Crippen LogP contribution is -2.54. The van der Waals surface area contributed by atoms with Crippen LogP contribution < -0.4 is 19.7 Å². The van der Waals surface area contributed by atoms with E-state index >= 15 is 0 Å². The van der Waals surface area contributed by atoms with Crippen molar-refractivity contribution in [2.45, 2.75) is 25.4 Å². The first-order chi connectivity index (χ1) is 15.9. The van der Waals surface area contributed by atoms with Crippen molar-refractivity contribution in [3.05, 3.63) is 85.3 Å². The number of nitrogens with zero attached hydrogens (tertiary/aromatic N) is 1. The lowest BCUT2D eigenvalue weighted by atomic mass is 9.78. The van der Waals surface area contributed by atoms with Crippen LogP contribution in [0.4, 0.5) is 5.69 Å². The molecule has 7 heteroatoms. The van der Waals surface area contributed by atoms with Crippen molar-refractivity contribution in [2.24, 2.45) is 0 Å². The van der Waals surface area contributed by atoms with Crippen LogP contribution in [0.3, 0.4) is 0 Å². The molecule has 1 spiro atoms. The molecule has 0 fully saturated rings. The summed E-state index contributed by atoms with van der Waals surface area (Å²) in [6, 6.07) is 16.3. The van der Waals surface area contributed by atoms with Crippen LogP contribution >= 0.6 is 31.9 Å². The van der Waals surface area contributed by atoms with Gasteiger partial charge in [0.15, 0.2) is 17.0 Å². The highest BCUT2D eigenvalue weighted by atomic mass is 79.9. The molecule has 0 radical (unpaired) electrons. The number of carbonyl (C=O) groups is 1. The van der Waals surface area contributed by atoms with Crippen molar-refractivity contribution < 1.29 is 14.3 Å². The van der Waals surface area contributed by atoms with E-state index in [2.05, 4.69) is 68.4 Å². The molecule has 1 amide bonds. The second kappa shape index (κ2) is 8.46. The van der Waals surface area contributed by atoms with E-state index in [9.17, 15) is 4.79 Å². The van der Waals surface area contributed by atoms with Crippen molar-refractivity contribution in [1.29, 1.82) is 0 Å². The van der Waals surface area contributed by atoms with Gasteiger partial charge in [-0.25, -0.2) is 0 Å². The highest BCUT2D eigenvalue weighted by Crippen LogP contribution is 2.52. The summed E-state index contributed by atoms with van der Waals surface area (Å²) in [5.74, 6) is 1.29. The number of amides is 1. The van der Waals surface area contributed by atoms with Crippen LogP contribution in [-0.4, -0.2) is 26.7 Å². The molecule has 0 bridgehead atoms. The van der Waals surface area contributed by atoms with Crippen LogP contribution in [0.2, 0.25) is 0 Å². The van der Waals surface area contributed by atoms with Crippen LogP contribution in [-0.2, 0) is 23.3 Å². The van der Waals surface area contributed by atoms with Gasteiger partial charge >= 0.3 is 0 Å². The molecule has 3 aromatic carbocycles. The second-order valence-electron chi connectivity index (χ2n) is 8.45. The van der Waals surface area contributed by atoms with Crippen molar-refractivity contribution >= 4 is 43.5 Å². The molecule has 1 N–H and O–H groups in total. The SMILES string of the molecule is COc1cc2c(cc1OC)C1(NCC2)C(=O)N(Cc2ccc(C)cc2)c2c(Br)cc(Br)cc21. The van der Waals surface area contributed by atoms with Crippen molar-refractivity contribution in [3.8, 4) is 11.5 Å². The average Bonchev–Trinajstić information content (AvgIpc) is 3.03. The Balaban J connectivity index is 1.73. The molecule has 1 atom stereocenters. The average molecular weight is 572 g/mol. The predicted molar refractivity (Wildman–Crippen MR) is 136 cm³/mol. The number of benzene rings is 3. The van der Waals surface area contributed by atoms with Gasteiger partial charge in [-0.3, -0.25) is 10.1 Å². The Labute approximate surface area is 210 Å². The minimum atomic E-state index is -1.00. The number of hydrogen-bond donors (Lipinski definition) is 1. The quantitative estimate of drug-likeness (QED) is 0.451. The molecule has 2 heterocycles. The number of aryl methyl sites for hydroxylation is 1. The maximum atomic E-state index is 14.3. The number of fused-ring (bicyclic) bond motifs is 4. The van der Waals surface area contributed by atoms with E-state index in [1.165, 1.54) is 5.56 Å². The minimum absolute atomic E-state index is 0.00467. The zero-order valence-electron chi connectivity index (χ0n) is 18.7. The molecule has 2 aliphatic heterocycles. The first kappa shape index (κ1) is 22.4. The van der Waals surface area contributed by atoms with Crippen molar-refractivity contribution in [1.82, 2.24) is 5.32 Å². The van der Waals surface area contributed by atoms with E-state index < -0.39 is 5.54 Å². The number of methoxy groups -OCH3 is 2. The molecule has 0 saturated heterocycles. The summed E-state index contributed by atoms with van der Waals surface area (Å²) in [6.45, 7) is 3.22. The largest absolute Gasteiger partial charge is 0.493 e. The lowest BCUT2D eigenvalue weighted by molar-refractivity contribution is -0.123. The van der Waals surface area contributed by atoms with E-state index in [-0.39, 0.29) is 5.91 Å². The number of ether oxygens (including phenoxy) is 2. The van der Waals surface area contributed by atoms with Gasteiger partial charge in [-0.1, -0.05) is 45.8 Å². The first-order valence-corrected chi connectivity index (χ1v) is 12.3. The minimum Gasteiger partial charge on any atom is -0.493 e. The third kappa shape index (κ3) is 3.49. The Kier molecular flexibility index (Phi) is 5.75. The third-order valence-electron chi connectivity index (χ3n) is 6.53. The fourth-order valence-electron chi connectivity index (χ4n) is 4.96. The summed E-state index contributed by atoms with van der Waals surface area (Å²) >= 11 is 7.37. The van der Waals surface area contributed by atoms with Crippen LogP contribution in [0.15, 0.2) is 57.5 Å². The molecular weight excluding hydrogens is 548 g/mol. The number of halogens is 2. The van der Waals surface area contributed by atoms with Gasteiger partial charge < -0.3 is 14.4 Å². The third-order valence-corrected chi connectivity index (χ3v) is 7.59. The number of nitrogens with one attached hydrogen (secondary N) is 1. The molecule has 5 rings (SSSR count). The Morgan fingerprint density at radius 3 is 2.39 bits per heavy atom. The maximum absolute atomic E-state index is 14.3. The Hall–Kier alpha value is -2.35.